The molecule has 29 heavy (non-hydrogen) atoms. The first-order valence-electron chi connectivity index (χ1n) is 9.62. The van der Waals surface area contributed by atoms with Gasteiger partial charge in [-0.3, -0.25) is 4.79 Å². The van der Waals surface area contributed by atoms with E-state index in [1.807, 2.05) is 19.1 Å². The lowest BCUT2D eigenvalue weighted by molar-refractivity contribution is 0.0955. The number of aryl methyl sites for hydroxylation is 2. The number of hydrazone groups is 1. The molecular formula is C25H23N3O. The van der Waals surface area contributed by atoms with Gasteiger partial charge in [0.2, 0.25) is 0 Å². The lowest BCUT2D eigenvalue weighted by atomic mass is 10.1. The van der Waals surface area contributed by atoms with E-state index in [0.29, 0.717) is 5.56 Å². The number of nitrogens with zero attached hydrogens (tertiary/aromatic N) is 2. The van der Waals surface area contributed by atoms with Crippen LogP contribution < -0.4 is 5.43 Å². The van der Waals surface area contributed by atoms with Crippen molar-refractivity contribution in [3.8, 4) is 5.69 Å². The van der Waals surface area contributed by atoms with Gasteiger partial charge in [0.05, 0.1) is 11.9 Å². The Bertz CT molecular complexity index is 1210. The molecule has 144 valence electrons. The summed E-state index contributed by atoms with van der Waals surface area (Å²) in [6.07, 6.45) is 1.70. The maximum Gasteiger partial charge on any atom is 0.271 e. The van der Waals surface area contributed by atoms with Gasteiger partial charge in [-0.15, -0.1) is 0 Å². The summed E-state index contributed by atoms with van der Waals surface area (Å²) in [5.74, 6) is -0.218. The van der Waals surface area contributed by atoms with Gasteiger partial charge in [0, 0.05) is 27.9 Å². The number of hydrogen-bond acceptors (Lipinski definition) is 2. The first-order valence-corrected chi connectivity index (χ1v) is 9.62. The molecule has 0 radical (unpaired) electrons. The second kappa shape index (κ2) is 7.76. The van der Waals surface area contributed by atoms with Crippen molar-refractivity contribution in [1.82, 2.24) is 9.99 Å². The molecule has 1 aromatic heterocycles. The summed E-state index contributed by atoms with van der Waals surface area (Å²) in [5.41, 5.74) is 8.63. The molecule has 4 aromatic rings. The SMILES string of the molecule is Cc1ccc(C(=O)N/N=C\c2cc(C)n(-c3cccc4ccccc34)c2C)cc1. The van der Waals surface area contributed by atoms with E-state index in [-0.39, 0.29) is 5.91 Å². The highest BCUT2D eigenvalue weighted by Crippen LogP contribution is 2.26. The summed E-state index contributed by atoms with van der Waals surface area (Å²) in [6.45, 7) is 6.14. The Hall–Kier alpha value is -3.66. The van der Waals surface area contributed by atoms with Crippen molar-refractivity contribution >= 4 is 22.9 Å². The number of amides is 1. The fraction of sp³-hybridized carbons (Fsp3) is 0.120. The van der Waals surface area contributed by atoms with Gasteiger partial charge in [0.25, 0.3) is 5.91 Å². The van der Waals surface area contributed by atoms with E-state index in [4.69, 9.17) is 0 Å². The maximum absolute atomic E-state index is 12.2. The number of benzene rings is 3. The second-order valence-electron chi connectivity index (χ2n) is 7.23. The monoisotopic (exact) mass is 381 g/mol. The molecule has 0 aliphatic carbocycles. The summed E-state index contributed by atoms with van der Waals surface area (Å²) >= 11 is 0. The number of hydrogen-bond donors (Lipinski definition) is 1. The Morgan fingerprint density at radius 3 is 2.45 bits per heavy atom. The number of fused-ring (bicyclic) bond motifs is 1. The Morgan fingerprint density at radius 2 is 1.66 bits per heavy atom. The number of aromatic nitrogens is 1. The average molecular weight is 381 g/mol. The minimum atomic E-state index is -0.218. The zero-order valence-electron chi connectivity index (χ0n) is 16.8. The van der Waals surface area contributed by atoms with Crippen LogP contribution in [-0.2, 0) is 0 Å². The number of carbonyl (C=O) groups is 1. The van der Waals surface area contributed by atoms with Crippen LogP contribution in [0.2, 0.25) is 0 Å². The van der Waals surface area contributed by atoms with Crippen LogP contribution in [0, 0.1) is 20.8 Å². The molecule has 0 spiro atoms. The fourth-order valence-electron chi connectivity index (χ4n) is 3.62. The van der Waals surface area contributed by atoms with Crippen LogP contribution in [0.25, 0.3) is 16.5 Å². The number of nitrogens with one attached hydrogen (secondary N) is 1. The largest absolute Gasteiger partial charge is 0.317 e. The molecular weight excluding hydrogens is 358 g/mol. The quantitative estimate of drug-likeness (QED) is 0.377. The molecule has 0 saturated carbocycles. The highest BCUT2D eigenvalue weighted by Gasteiger charge is 2.12. The second-order valence-corrected chi connectivity index (χ2v) is 7.23. The van der Waals surface area contributed by atoms with Crippen LogP contribution in [0.15, 0.2) is 77.9 Å². The molecule has 0 unspecified atom stereocenters. The van der Waals surface area contributed by atoms with Crippen molar-refractivity contribution < 1.29 is 4.79 Å². The minimum absolute atomic E-state index is 0.218. The molecule has 4 nitrogen and oxygen atoms in total. The Kier molecular flexibility index (Phi) is 5.00. The van der Waals surface area contributed by atoms with Crippen LogP contribution in [0.5, 0.6) is 0 Å². The van der Waals surface area contributed by atoms with Gasteiger partial charge in [-0.25, -0.2) is 5.43 Å². The Labute approximate surface area is 170 Å². The van der Waals surface area contributed by atoms with E-state index in [1.54, 1.807) is 18.3 Å². The lowest BCUT2D eigenvalue weighted by Crippen LogP contribution is -2.17. The third-order valence-electron chi connectivity index (χ3n) is 5.16. The molecule has 0 aliphatic rings. The van der Waals surface area contributed by atoms with E-state index < -0.39 is 0 Å². The van der Waals surface area contributed by atoms with Gasteiger partial charge >= 0.3 is 0 Å². The Balaban J connectivity index is 1.61. The molecule has 0 atom stereocenters. The van der Waals surface area contributed by atoms with E-state index in [0.717, 1.165) is 28.2 Å². The first kappa shape index (κ1) is 18.7. The van der Waals surface area contributed by atoms with Crippen molar-refractivity contribution in [1.29, 1.82) is 0 Å². The van der Waals surface area contributed by atoms with Crippen LogP contribution in [0.3, 0.4) is 0 Å². The molecule has 0 bridgehead atoms. The normalized spacial score (nSPS) is 11.3. The summed E-state index contributed by atoms with van der Waals surface area (Å²) in [4.78, 5) is 12.2. The molecule has 0 fully saturated rings. The molecule has 0 aliphatic heterocycles. The smallest absolute Gasteiger partial charge is 0.271 e. The van der Waals surface area contributed by atoms with Crippen molar-refractivity contribution in [2.75, 3.05) is 0 Å². The van der Waals surface area contributed by atoms with Gasteiger partial charge in [0.15, 0.2) is 0 Å². The fourth-order valence-corrected chi connectivity index (χ4v) is 3.62. The van der Waals surface area contributed by atoms with Crippen LogP contribution in [0.1, 0.15) is 32.9 Å². The minimum Gasteiger partial charge on any atom is -0.317 e. The molecule has 4 heteroatoms. The molecule has 0 saturated heterocycles. The zero-order chi connectivity index (χ0) is 20.4. The molecule has 4 rings (SSSR count). The zero-order valence-corrected chi connectivity index (χ0v) is 16.8. The number of carbonyl (C=O) groups excluding carboxylic acids is 1. The summed E-state index contributed by atoms with van der Waals surface area (Å²) in [5, 5.41) is 6.58. The maximum atomic E-state index is 12.2. The van der Waals surface area contributed by atoms with Crippen molar-refractivity contribution in [3.63, 3.8) is 0 Å². The van der Waals surface area contributed by atoms with Crippen LogP contribution >= 0.6 is 0 Å². The predicted octanol–water partition coefficient (Wildman–Crippen LogP) is 5.32. The van der Waals surface area contributed by atoms with E-state index in [9.17, 15) is 4.79 Å². The van der Waals surface area contributed by atoms with Gasteiger partial charge in [-0.05, 0) is 50.4 Å². The van der Waals surface area contributed by atoms with Gasteiger partial charge in [0.1, 0.15) is 0 Å². The standard InChI is InChI=1S/C25H23N3O/c1-17-11-13-21(14-12-17)25(29)27-26-16-22-15-18(2)28(19(22)3)24-10-6-8-20-7-4-5-9-23(20)24/h4-16H,1-3H3,(H,27,29)/b26-16-. The number of rotatable bonds is 4. The highest BCUT2D eigenvalue weighted by atomic mass is 16.2. The van der Waals surface area contributed by atoms with Gasteiger partial charge in [-0.1, -0.05) is 54.1 Å². The third kappa shape index (κ3) is 3.69. The average Bonchev–Trinajstić information content (AvgIpc) is 3.01. The van der Waals surface area contributed by atoms with Crippen molar-refractivity contribution in [2.45, 2.75) is 20.8 Å². The summed E-state index contributed by atoms with van der Waals surface area (Å²) in [7, 11) is 0. The third-order valence-corrected chi connectivity index (χ3v) is 5.16. The molecule has 1 N–H and O–H groups in total. The predicted molar refractivity (Wildman–Crippen MR) is 119 cm³/mol. The summed E-state index contributed by atoms with van der Waals surface area (Å²) in [6, 6.07) is 24.2. The molecule has 1 heterocycles. The molecule has 3 aromatic carbocycles. The van der Waals surface area contributed by atoms with E-state index in [2.05, 4.69) is 77.5 Å². The van der Waals surface area contributed by atoms with Crippen LogP contribution in [-0.4, -0.2) is 16.7 Å². The topological polar surface area (TPSA) is 46.4 Å². The highest BCUT2D eigenvalue weighted by molar-refractivity contribution is 5.95. The van der Waals surface area contributed by atoms with Gasteiger partial charge < -0.3 is 4.57 Å². The van der Waals surface area contributed by atoms with Crippen LogP contribution in [0.4, 0.5) is 0 Å². The van der Waals surface area contributed by atoms with Crippen molar-refractivity contribution in [2.24, 2.45) is 5.10 Å². The first-order chi connectivity index (χ1) is 14.0. The Morgan fingerprint density at radius 1 is 0.931 bits per heavy atom. The van der Waals surface area contributed by atoms with E-state index >= 15 is 0 Å². The summed E-state index contributed by atoms with van der Waals surface area (Å²) < 4.78 is 2.23. The van der Waals surface area contributed by atoms with Gasteiger partial charge in [-0.2, -0.15) is 5.10 Å². The van der Waals surface area contributed by atoms with E-state index in [1.165, 1.54) is 10.8 Å². The lowest BCUT2D eigenvalue weighted by Gasteiger charge is -2.12. The molecule has 1 amide bonds. The van der Waals surface area contributed by atoms with Crippen molar-refractivity contribution in [3.05, 3.63) is 101 Å².